The van der Waals surface area contributed by atoms with E-state index in [1.165, 1.54) is 12.4 Å². The van der Waals surface area contributed by atoms with Gasteiger partial charge in [-0.15, -0.1) is 0 Å². The van der Waals surface area contributed by atoms with Crippen molar-refractivity contribution in [2.24, 2.45) is 0 Å². The van der Waals surface area contributed by atoms with Crippen LogP contribution in [0.2, 0.25) is 0 Å². The molecule has 1 aromatic rings. The van der Waals surface area contributed by atoms with Crippen LogP contribution in [-0.2, 0) is 4.74 Å². The highest BCUT2D eigenvalue weighted by molar-refractivity contribution is 5.76. The predicted molar refractivity (Wildman–Crippen MR) is 49.3 cm³/mol. The Balaban J connectivity index is 2.47. The SMILES string of the molecule is CCCCOC(=O)n1cc(C=O)cn1. The molecule has 5 nitrogen and oxygen atoms in total. The van der Waals surface area contributed by atoms with E-state index in [1.54, 1.807) is 0 Å². The summed E-state index contributed by atoms with van der Waals surface area (Å²) in [4.78, 5) is 21.5. The molecule has 76 valence electrons. The molecule has 0 spiro atoms. The largest absolute Gasteiger partial charge is 0.448 e. The minimum Gasteiger partial charge on any atom is -0.448 e. The fourth-order valence-corrected chi connectivity index (χ4v) is 0.867. The van der Waals surface area contributed by atoms with Crippen molar-refractivity contribution in [2.75, 3.05) is 6.61 Å². The van der Waals surface area contributed by atoms with Crippen LogP contribution in [0.5, 0.6) is 0 Å². The molecule has 1 aromatic heterocycles. The van der Waals surface area contributed by atoms with E-state index in [4.69, 9.17) is 4.74 Å². The molecule has 0 aromatic carbocycles. The number of hydrogen-bond acceptors (Lipinski definition) is 4. The molecular weight excluding hydrogens is 184 g/mol. The summed E-state index contributed by atoms with van der Waals surface area (Å²) in [5.41, 5.74) is 0.359. The molecule has 0 aliphatic rings. The second-order valence-electron chi connectivity index (χ2n) is 2.80. The summed E-state index contributed by atoms with van der Waals surface area (Å²) in [7, 11) is 0. The molecule has 1 heterocycles. The second kappa shape index (κ2) is 5.16. The van der Waals surface area contributed by atoms with Gasteiger partial charge in [0.05, 0.1) is 18.4 Å². The molecule has 0 amide bonds. The summed E-state index contributed by atoms with van der Waals surface area (Å²) in [6.45, 7) is 2.39. The topological polar surface area (TPSA) is 61.2 Å². The quantitative estimate of drug-likeness (QED) is 0.540. The molecule has 0 fully saturated rings. The maximum absolute atomic E-state index is 11.2. The molecule has 0 saturated carbocycles. The Labute approximate surface area is 81.7 Å². The first kappa shape index (κ1) is 10.4. The first-order chi connectivity index (χ1) is 6.77. The van der Waals surface area contributed by atoms with Gasteiger partial charge >= 0.3 is 6.09 Å². The molecule has 0 radical (unpaired) electrons. The third-order valence-electron chi connectivity index (χ3n) is 1.65. The molecule has 14 heavy (non-hydrogen) atoms. The smallest absolute Gasteiger partial charge is 0.434 e. The minimum atomic E-state index is -0.549. The number of aromatic nitrogens is 2. The van der Waals surface area contributed by atoms with E-state index in [-0.39, 0.29) is 0 Å². The van der Waals surface area contributed by atoms with Crippen molar-refractivity contribution >= 4 is 12.4 Å². The Hall–Kier alpha value is -1.65. The van der Waals surface area contributed by atoms with Crippen molar-refractivity contribution in [3.8, 4) is 0 Å². The Kier molecular flexibility index (Phi) is 3.84. The van der Waals surface area contributed by atoms with Crippen LogP contribution < -0.4 is 0 Å². The lowest BCUT2D eigenvalue weighted by Gasteiger charge is -2.01. The maximum atomic E-state index is 11.2. The number of ether oxygens (including phenoxy) is 1. The Morgan fingerprint density at radius 3 is 3.07 bits per heavy atom. The molecule has 0 saturated heterocycles. The summed E-state index contributed by atoms with van der Waals surface area (Å²) in [6.07, 6.45) is 4.52. The summed E-state index contributed by atoms with van der Waals surface area (Å²) in [5.74, 6) is 0. The van der Waals surface area contributed by atoms with Gasteiger partial charge in [-0.1, -0.05) is 13.3 Å². The number of nitrogens with zero attached hydrogens (tertiary/aromatic N) is 2. The van der Waals surface area contributed by atoms with Crippen molar-refractivity contribution in [3.63, 3.8) is 0 Å². The number of hydrogen-bond donors (Lipinski definition) is 0. The summed E-state index contributed by atoms with van der Waals surface area (Å²) < 4.78 is 5.89. The Morgan fingerprint density at radius 2 is 2.50 bits per heavy atom. The average Bonchev–Trinajstić information content (AvgIpc) is 2.66. The van der Waals surface area contributed by atoms with Crippen molar-refractivity contribution < 1.29 is 14.3 Å². The van der Waals surface area contributed by atoms with Gasteiger partial charge in [0, 0.05) is 6.20 Å². The molecule has 1 rings (SSSR count). The molecule has 0 unspecified atom stereocenters. The van der Waals surface area contributed by atoms with E-state index < -0.39 is 6.09 Å². The summed E-state index contributed by atoms with van der Waals surface area (Å²) in [5, 5.41) is 3.68. The van der Waals surface area contributed by atoms with Gasteiger partial charge in [-0.3, -0.25) is 4.79 Å². The van der Waals surface area contributed by atoms with E-state index in [9.17, 15) is 9.59 Å². The van der Waals surface area contributed by atoms with Gasteiger partial charge in [-0.25, -0.2) is 4.79 Å². The Bertz CT molecular complexity index is 320. The van der Waals surface area contributed by atoms with Crippen LogP contribution in [0.3, 0.4) is 0 Å². The fourth-order valence-electron chi connectivity index (χ4n) is 0.867. The molecular formula is C9H12N2O3. The van der Waals surface area contributed by atoms with Gasteiger partial charge in [0.1, 0.15) is 0 Å². The number of carbonyl (C=O) groups excluding carboxylic acids is 2. The maximum Gasteiger partial charge on any atom is 0.434 e. The highest BCUT2D eigenvalue weighted by atomic mass is 16.6. The van der Waals surface area contributed by atoms with Gasteiger partial charge in [0.2, 0.25) is 0 Å². The van der Waals surface area contributed by atoms with Gasteiger partial charge in [0.15, 0.2) is 6.29 Å². The zero-order chi connectivity index (χ0) is 10.4. The lowest BCUT2D eigenvalue weighted by molar-refractivity contribution is 0.112. The summed E-state index contributed by atoms with van der Waals surface area (Å²) >= 11 is 0. The molecule has 0 bridgehead atoms. The van der Waals surface area contributed by atoms with Gasteiger partial charge < -0.3 is 4.74 Å². The second-order valence-corrected chi connectivity index (χ2v) is 2.80. The van der Waals surface area contributed by atoms with Crippen molar-refractivity contribution in [3.05, 3.63) is 18.0 Å². The van der Waals surface area contributed by atoms with E-state index in [1.807, 2.05) is 6.92 Å². The van der Waals surface area contributed by atoms with Gasteiger partial charge in [-0.05, 0) is 6.42 Å². The van der Waals surface area contributed by atoms with Crippen molar-refractivity contribution in [1.29, 1.82) is 0 Å². The zero-order valence-corrected chi connectivity index (χ0v) is 7.97. The van der Waals surface area contributed by atoms with E-state index in [2.05, 4.69) is 5.10 Å². The molecule has 0 aliphatic carbocycles. The lowest BCUT2D eigenvalue weighted by Crippen LogP contribution is -2.14. The Morgan fingerprint density at radius 1 is 1.71 bits per heavy atom. The highest BCUT2D eigenvalue weighted by Crippen LogP contribution is 1.96. The normalized spacial score (nSPS) is 9.79. The van der Waals surface area contributed by atoms with Gasteiger partial charge in [-0.2, -0.15) is 9.78 Å². The van der Waals surface area contributed by atoms with Crippen LogP contribution in [0.15, 0.2) is 12.4 Å². The molecule has 0 aliphatic heterocycles. The standard InChI is InChI=1S/C9H12N2O3/c1-2-3-4-14-9(13)11-6-8(7-12)5-10-11/h5-7H,2-4H2,1H3. The zero-order valence-electron chi connectivity index (χ0n) is 7.97. The third-order valence-corrected chi connectivity index (χ3v) is 1.65. The van der Waals surface area contributed by atoms with E-state index >= 15 is 0 Å². The van der Waals surface area contributed by atoms with Gasteiger partial charge in [0.25, 0.3) is 0 Å². The monoisotopic (exact) mass is 196 g/mol. The lowest BCUT2D eigenvalue weighted by atomic mass is 10.4. The van der Waals surface area contributed by atoms with Crippen molar-refractivity contribution in [1.82, 2.24) is 9.78 Å². The number of carbonyl (C=O) groups is 2. The van der Waals surface area contributed by atoms with Crippen LogP contribution in [-0.4, -0.2) is 28.8 Å². The highest BCUT2D eigenvalue weighted by Gasteiger charge is 2.06. The number of aldehydes is 1. The van der Waals surface area contributed by atoms with E-state index in [0.29, 0.717) is 18.5 Å². The van der Waals surface area contributed by atoms with Crippen LogP contribution in [0.1, 0.15) is 30.1 Å². The number of rotatable bonds is 4. The molecule has 5 heteroatoms. The van der Waals surface area contributed by atoms with Crippen LogP contribution in [0, 0.1) is 0 Å². The van der Waals surface area contributed by atoms with E-state index in [0.717, 1.165) is 17.5 Å². The fraction of sp³-hybridized carbons (Fsp3) is 0.444. The first-order valence-corrected chi connectivity index (χ1v) is 4.45. The van der Waals surface area contributed by atoms with Crippen molar-refractivity contribution in [2.45, 2.75) is 19.8 Å². The third kappa shape index (κ3) is 2.69. The van der Waals surface area contributed by atoms with Crippen LogP contribution in [0.4, 0.5) is 4.79 Å². The first-order valence-electron chi connectivity index (χ1n) is 4.45. The summed E-state index contributed by atoms with van der Waals surface area (Å²) in [6, 6.07) is 0. The average molecular weight is 196 g/mol. The molecule has 0 N–H and O–H groups in total. The number of unbranched alkanes of at least 4 members (excludes halogenated alkanes) is 1. The molecule has 0 atom stereocenters. The minimum absolute atomic E-state index is 0.359. The van der Waals surface area contributed by atoms with Crippen LogP contribution in [0.25, 0.3) is 0 Å². The van der Waals surface area contributed by atoms with Crippen LogP contribution >= 0.6 is 0 Å². The predicted octanol–water partition coefficient (Wildman–Crippen LogP) is 1.48.